The number of aromatic hydroxyl groups is 1. The second-order valence-electron chi connectivity index (χ2n) is 13.1. The number of aldehydes is 1. The molecule has 10 nitrogen and oxygen atoms in total. The van der Waals surface area contributed by atoms with Crippen LogP contribution >= 0.6 is 0 Å². The molecule has 0 aliphatic carbocycles. The fourth-order valence-corrected chi connectivity index (χ4v) is 7.34. The summed E-state index contributed by atoms with van der Waals surface area (Å²) in [6.07, 6.45) is 4.22. The third-order valence-corrected chi connectivity index (χ3v) is 9.90. The van der Waals surface area contributed by atoms with Crippen molar-refractivity contribution in [1.82, 2.24) is 29.3 Å². The van der Waals surface area contributed by atoms with E-state index in [9.17, 15) is 14.7 Å². The van der Waals surface area contributed by atoms with E-state index in [4.69, 9.17) is 15.7 Å². The normalized spacial score (nSPS) is 17.7. The average Bonchev–Trinajstić information content (AvgIpc) is 3.85. The number of hydrogen-bond donors (Lipinski definition) is 2. The van der Waals surface area contributed by atoms with E-state index < -0.39 is 0 Å². The van der Waals surface area contributed by atoms with Gasteiger partial charge in [0, 0.05) is 54.6 Å². The van der Waals surface area contributed by atoms with Gasteiger partial charge in [-0.2, -0.15) is 0 Å². The number of aromatic nitrogens is 4. The van der Waals surface area contributed by atoms with E-state index >= 15 is 0 Å². The highest BCUT2D eigenvalue weighted by Gasteiger charge is 2.44. The van der Waals surface area contributed by atoms with Gasteiger partial charge in [0.25, 0.3) is 5.91 Å². The molecule has 49 heavy (non-hydrogen) atoms. The number of likely N-dealkylation sites (tertiary alicyclic amines) is 2. The van der Waals surface area contributed by atoms with Gasteiger partial charge in [-0.05, 0) is 79.5 Å². The zero-order valence-corrected chi connectivity index (χ0v) is 26.9. The highest BCUT2D eigenvalue weighted by molar-refractivity contribution is 5.96. The van der Waals surface area contributed by atoms with Gasteiger partial charge in [0.05, 0.1) is 16.8 Å². The summed E-state index contributed by atoms with van der Waals surface area (Å²) < 4.78 is 2.06. The van der Waals surface area contributed by atoms with Crippen molar-refractivity contribution in [2.45, 2.75) is 19.4 Å². The summed E-state index contributed by atoms with van der Waals surface area (Å²) in [6.45, 7) is 4.05. The van der Waals surface area contributed by atoms with Crippen molar-refractivity contribution in [2.24, 2.45) is 5.41 Å². The second kappa shape index (κ2) is 12.3. The van der Waals surface area contributed by atoms with Crippen molar-refractivity contribution in [3.8, 4) is 34.1 Å². The molecule has 6 aromatic rings. The first-order valence-corrected chi connectivity index (χ1v) is 16.4. The van der Waals surface area contributed by atoms with Crippen LogP contribution in [0.15, 0.2) is 103 Å². The molecular formula is C39H35N7O3. The van der Waals surface area contributed by atoms with E-state index in [1.807, 2.05) is 59.5 Å². The molecule has 1 amide bonds. The van der Waals surface area contributed by atoms with E-state index in [2.05, 4.69) is 38.7 Å². The predicted octanol–water partition coefficient (Wildman–Crippen LogP) is 5.99. The average molecular weight is 650 g/mol. The number of phenols is 1. The first-order valence-electron chi connectivity index (χ1n) is 16.4. The Balaban J connectivity index is 1.02. The quantitative estimate of drug-likeness (QED) is 0.202. The lowest BCUT2D eigenvalue weighted by atomic mass is 9.86. The number of pyridine rings is 2. The van der Waals surface area contributed by atoms with Gasteiger partial charge in [-0.15, -0.1) is 0 Å². The lowest BCUT2D eigenvalue weighted by Crippen LogP contribution is -2.34. The molecule has 8 rings (SSSR count). The molecule has 0 radical (unpaired) electrons. The molecular weight excluding hydrogens is 614 g/mol. The number of hydrogen-bond acceptors (Lipinski definition) is 8. The third-order valence-electron chi connectivity index (χ3n) is 9.90. The lowest BCUT2D eigenvalue weighted by Gasteiger charge is -2.25. The lowest BCUT2D eigenvalue weighted by molar-refractivity contribution is 0.0773. The molecule has 2 fully saturated rings. The number of nitrogens with zero attached hydrogens (tertiary/aromatic N) is 6. The summed E-state index contributed by atoms with van der Waals surface area (Å²) in [7, 11) is 0. The van der Waals surface area contributed by atoms with Gasteiger partial charge in [-0.1, -0.05) is 42.5 Å². The van der Waals surface area contributed by atoms with Gasteiger partial charge in [0.15, 0.2) is 17.8 Å². The highest BCUT2D eigenvalue weighted by atomic mass is 16.3. The Labute approximate surface area is 283 Å². The Morgan fingerprint density at radius 3 is 2.51 bits per heavy atom. The van der Waals surface area contributed by atoms with E-state index in [0.29, 0.717) is 36.6 Å². The molecule has 1 unspecified atom stereocenters. The van der Waals surface area contributed by atoms with E-state index in [0.717, 1.165) is 66.1 Å². The molecule has 3 aromatic heterocycles. The standard InChI is InChI=1S/C39H35N7O3/c40-35-31(7-4-18-41-35)36-43-33-14-13-32(27-5-2-1-3-6-27)42-37(33)46(36)30-11-8-26(9-12-30)22-44-19-16-39(24-44)17-20-45(25-39)38(49)28-10-15-34(48)29(21-28)23-47/h1-15,18,21,23,48H,16-17,19-20,22,24-25H2,(H2,40,41). The molecule has 0 saturated carbocycles. The summed E-state index contributed by atoms with van der Waals surface area (Å²) in [5.41, 5.74) is 13.2. The third kappa shape index (κ3) is 5.70. The number of nitrogens with two attached hydrogens (primary N) is 1. The maximum Gasteiger partial charge on any atom is 0.253 e. The van der Waals surface area contributed by atoms with Gasteiger partial charge in [-0.3, -0.25) is 19.1 Å². The van der Waals surface area contributed by atoms with Crippen LogP contribution in [0.4, 0.5) is 5.82 Å². The highest BCUT2D eigenvalue weighted by Crippen LogP contribution is 2.41. The molecule has 0 bridgehead atoms. The van der Waals surface area contributed by atoms with Crippen LogP contribution < -0.4 is 5.73 Å². The number of carbonyl (C=O) groups is 2. The van der Waals surface area contributed by atoms with Crippen LogP contribution in [-0.2, 0) is 6.54 Å². The van der Waals surface area contributed by atoms with Crippen LogP contribution in [0.5, 0.6) is 5.75 Å². The molecule has 5 heterocycles. The SMILES string of the molecule is Nc1ncccc1-c1nc2ccc(-c3ccccc3)nc2n1-c1ccc(CN2CCC3(CCN(C(=O)c4ccc(O)c(C=O)c4)C3)C2)cc1. The van der Waals surface area contributed by atoms with Crippen molar-refractivity contribution in [3.05, 3.63) is 120 Å². The number of fused-ring (bicyclic) bond motifs is 1. The largest absolute Gasteiger partial charge is 0.507 e. The number of benzene rings is 3. The molecule has 1 spiro atoms. The van der Waals surface area contributed by atoms with Gasteiger partial charge in [0.1, 0.15) is 17.1 Å². The number of nitrogen functional groups attached to an aromatic ring is 1. The minimum absolute atomic E-state index is 0.0520. The smallest absolute Gasteiger partial charge is 0.253 e. The first-order chi connectivity index (χ1) is 23.9. The summed E-state index contributed by atoms with van der Waals surface area (Å²) in [5.74, 6) is 0.874. The Hall–Kier alpha value is -5.87. The van der Waals surface area contributed by atoms with Crippen LogP contribution in [0, 0.1) is 5.41 Å². The molecule has 10 heteroatoms. The Morgan fingerprint density at radius 2 is 1.71 bits per heavy atom. The van der Waals surface area contributed by atoms with E-state index in [1.54, 1.807) is 12.3 Å². The summed E-state index contributed by atoms with van der Waals surface area (Å²) >= 11 is 0. The molecule has 2 aliphatic rings. The number of anilines is 1. The topological polar surface area (TPSA) is 130 Å². The Bertz CT molecular complexity index is 2200. The zero-order chi connectivity index (χ0) is 33.5. The Morgan fingerprint density at radius 1 is 0.898 bits per heavy atom. The second-order valence-corrected chi connectivity index (χ2v) is 13.1. The molecule has 244 valence electrons. The van der Waals surface area contributed by atoms with Crippen LogP contribution in [0.25, 0.3) is 39.5 Å². The monoisotopic (exact) mass is 649 g/mol. The van der Waals surface area contributed by atoms with Gasteiger partial charge in [-0.25, -0.2) is 15.0 Å². The molecule has 2 saturated heterocycles. The van der Waals surface area contributed by atoms with E-state index in [-0.39, 0.29) is 22.6 Å². The summed E-state index contributed by atoms with van der Waals surface area (Å²) in [4.78, 5) is 43.3. The van der Waals surface area contributed by atoms with Crippen LogP contribution in [0.2, 0.25) is 0 Å². The number of carbonyl (C=O) groups excluding carboxylic acids is 2. The molecule has 3 N–H and O–H groups in total. The van der Waals surface area contributed by atoms with Gasteiger partial charge in [0.2, 0.25) is 0 Å². The van der Waals surface area contributed by atoms with Gasteiger partial charge >= 0.3 is 0 Å². The van der Waals surface area contributed by atoms with Crippen LogP contribution in [-0.4, -0.2) is 72.8 Å². The van der Waals surface area contributed by atoms with Crippen LogP contribution in [0.3, 0.4) is 0 Å². The molecule has 3 aromatic carbocycles. The van der Waals surface area contributed by atoms with Crippen molar-refractivity contribution < 1.29 is 14.7 Å². The summed E-state index contributed by atoms with van der Waals surface area (Å²) in [5, 5.41) is 9.85. The fraction of sp³-hybridized carbons (Fsp3) is 0.205. The van der Waals surface area contributed by atoms with Crippen molar-refractivity contribution in [2.75, 3.05) is 31.9 Å². The zero-order valence-electron chi connectivity index (χ0n) is 26.9. The van der Waals surface area contributed by atoms with Gasteiger partial charge < -0.3 is 15.7 Å². The Kier molecular flexibility index (Phi) is 7.64. The number of rotatable bonds is 7. The number of phenolic OH excluding ortho intramolecular Hbond substituents is 1. The predicted molar refractivity (Wildman–Crippen MR) is 188 cm³/mol. The van der Waals surface area contributed by atoms with Crippen molar-refractivity contribution in [3.63, 3.8) is 0 Å². The number of imidazole rings is 1. The fourth-order valence-electron chi connectivity index (χ4n) is 7.34. The molecule has 2 aliphatic heterocycles. The summed E-state index contributed by atoms with van der Waals surface area (Å²) in [6, 6.07) is 30.9. The van der Waals surface area contributed by atoms with Crippen LogP contribution in [0.1, 0.15) is 39.1 Å². The minimum Gasteiger partial charge on any atom is -0.507 e. The van der Waals surface area contributed by atoms with Crippen molar-refractivity contribution >= 4 is 29.2 Å². The minimum atomic E-state index is -0.116. The number of amides is 1. The maximum absolute atomic E-state index is 13.3. The molecule has 1 atom stereocenters. The van der Waals surface area contributed by atoms with E-state index in [1.165, 1.54) is 17.7 Å². The van der Waals surface area contributed by atoms with Crippen molar-refractivity contribution in [1.29, 1.82) is 0 Å². The maximum atomic E-state index is 13.3. The first kappa shape index (κ1) is 30.5.